The van der Waals surface area contributed by atoms with Gasteiger partial charge in [-0.15, -0.1) is 5.69 Å². The van der Waals surface area contributed by atoms with Crippen LogP contribution >= 0.6 is 0 Å². The molecular formula is C70H67GeIrN4O. The number of fused-ring (bicyclic) bond motifs is 5. The summed E-state index contributed by atoms with van der Waals surface area (Å²) in [5.41, 5.74) is 18.5. The van der Waals surface area contributed by atoms with Gasteiger partial charge in [0.2, 0.25) is 0 Å². The Kier molecular flexibility index (Phi) is 15.4. The van der Waals surface area contributed by atoms with E-state index in [0.29, 0.717) is 23.7 Å². The van der Waals surface area contributed by atoms with Crippen molar-refractivity contribution < 1.29 is 24.5 Å². The summed E-state index contributed by atoms with van der Waals surface area (Å²) in [7, 11) is 0. The summed E-state index contributed by atoms with van der Waals surface area (Å²) >= 11 is -2.73. The fraction of sp³-hybridized carbons (Fsp3) is 0.214. The van der Waals surface area contributed by atoms with Crippen molar-refractivity contribution in [3.8, 4) is 28.2 Å². The van der Waals surface area contributed by atoms with Crippen molar-refractivity contribution in [1.82, 2.24) is 9.55 Å². The van der Waals surface area contributed by atoms with Gasteiger partial charge in [-0.2, -0.15) is 35.9 Å². The van der Waals surface area contributed by atoms with E-state index in [9.17, 15) is 0 Å². The zero-order valence-corrected chi connectivity index (χ0v) is 50.4. The summed E-state index contributed by atoms with van der Waals surface area (Å²) in [5.74, 6) is 7.40. The normalized spacial score (nSPS) is 13.4. The molecule has 1 unspecified atom stereocenters. The second-order valence-electron chi connectivity index (χ2n) is 22.1. The molecule has 5 nitrogen and oxygen atoms in total. The number of furan rings is 1. The third-order valence-corrected chi connectivity index (χ3v) is 22.8. The molecule has 9 aromatic carbocycles. The van der Waals surface area contributed by atoms with Crippen molar-refractivity contribution in [1.29, 1.82) is 0 Å². The minimum Gasteiger partial charge on any atom is -0.661 e. The van der Waals surface area contributed by atoms with E-state index >= 15 is 0 Å². The number of aromatic nitrogens is 2. The molecule has 1 aliphatic rings. The smallest absolute Gasteiger partial charge is 0.661 e. The molecule has 0 saturated heterocycles. The molecule has 0 amide bonds. The molecule has 3 heterocycles. The summed E-state index contributed by atoms with van der Waals surface area (Å²) in [4.78, 5) is 7.74. The number of para-hydroxylation sites is 6. The van der Waals surface area contributed by atoms with Crippen LogP contribution in [0.5, 0.6) is 0 Å². The Morgan fingerprint density at radius 3 is 1.82 bits per heavy atom. The number of rotatable bonds is 11. The van der Waals surface area contributed by atoms with Crippen LogP contribution < -0.4 is 13.7 Å². The van der Waals surface area contributed by atoms with Crippen molar-refractivity contribution in [2.75, 3.05) is 4.90 Å². The maximum absolute atomic E-state index is 6.55. The van der Waals surface area contributed by atoms with Gasteiger partial charge in [-0.05, 0) is 35.2 Å². The first-order valence-corrected chi connectivity index (χ1v) is 33.4. The molecule has 77 heavy (non-hydrogen) atoms. The topological polar surface area (TPSA) is 48.3 Å². The van der Waals surface area contributed by atoms with E-state index in [0.717, 1.165) is 55.6 Å². The van der Waals surface area contributed by atoms with Crippen LogP contribution in [-0.2, 0) is 20.1 Å². The Hall–Kier alpha value is -6.96. The Morgan fingerprint density at radius 2 is 1.14 bits per heavy atom. The standard InChI is InChI=1S/C45H41GeN2O.C25H26N2.Ir/c1-29(2)38-27-34(46(5,6)33-25-23-32(24-26-33)31-15-8-7-9-16-31)28-39(30(3)4)43(38)48-41-21-12-11-20-40(41)47-45(48)37-19-14-18-36-35-17-10-13-22-42(35)49-44(36)37;1-17(2)20-13-10-14-21(18(3)4)24(20)27-23-16-9-8-15-22(23)26-25(27)19-11-6-5-7-12-19;/h7-18,20-30H,1-6H3;5-11,13-18,25H,1-4H3;/q-1;-2;+3. The molecule has 11 aromatic rings. The fourth-order valence-corrected chi connectivity index (χ4v) is 16.2. The SMILES string of the molecule is CC(C)c1c[c]([Ge]([CH3])([CH3])[c]2ccc(-c3ccccc3)cc2)cc(C(C)C)c1-n1c(-c2[c-]ccc3c2oc2ccccc23)nc2ccccc21.CC(C)c1cccc(C(C)C)c1N1c2ccccc2[N-]C1c1[c-]cccc1.[Ir+3]. The van der Waals surface area contributed by atoms with Gasteiger partial charge in [-0.1, -0.05) is 64.1 Å². The summed E-state index contributed by atoms with van der Waals surface area (Å²) in [6.07, 6.45) is -0.0824. The number of nitrogens with zero attached hydrogens (tertiary/aromatic N) is 4. The van der Waals surface area contributed by atoms with Crippen LogP contribution in [0, 0.1) is 12.1 Å². The van der Waals surface area contributed by atoms with Gasteiger partial charge in [0.15, 0.2) is 0 Å². The molecule has 0 N–H and O–H groups in total. The third-order valence-electron chi connectivity index (χ3n) is 15.4. The van der Waals surface area contributed by atoms with Crippen LogP contribution in [0.2, 0.25) is 11.5 Å². The second kappa shape index (κ2) is 22.2. The van der Waals surface area contributed by atoms with E-state index in [4.69, 9.17) is 14.7 Å². The Morgan fingerprint density at radius 1 is 0.532 bits per heavy atom. The predicted octanol–water partition coefficient (Wildman–Crippen LogP) is 18.7. The van der Waals surface area contributed by atoms with Crippen molar-refractivity contribution in [2.45, 2.75) is 96.7 Å². The largest absolute Gasteiger partial charge is 3.00 e. The van der Waals surface area contributed by atoms with Crippen LogP contribution in [-0.4, -0.2) is 22.8 Å². The van der Waals surface area contributed by atoms with Crippen molar-refractivity contribution in [3.63, 3.8) is 0 Å². The minimum absolute atomic E-state index is 0. The number of hydrogen-bond donors (Lipinski definition) is 0. The average molecular weight is 1250 g/mol. The summed E-state index contributed by atoms with van der Waals surface area (Å²) in [5, 5.41) is 7.27. The molecule has 0 aliphatic carbocycles. The van der Waals surface area contributed by atoms with Gasteiger partial charge < -0.3 is 10.2 Å². The molecule has 0 fully saturated rings. The number of imidazole rings is 1. The zero-order valence-electron chi connectivity index (χ0n) is 45.9. The molecule has 0 spiro atoms. The fourth-order valence-electron chi connectivity index (χ4n) is 11.2. The molecule has 0 bridgehead atoms. The quantitative estimate of drug-likeness (QED) is 0.0958. The Labute approximate surface area is 472 Å². The van der Waals surface area contributed by atoms with E-state index in [1.807, 2.05) is 30.3 Å². The Balaban J connectivity index is 0.000000203. The first-order chi connectivity index (χ1) is 36.8. The minimum atomic E-state index is -2.73. The first-order valence-electron chi connectivity index (χ1n) is 27.1. The maximum atomic E-state index is 6.55. The van der Waals surface area contributed by atoms with E-state index in [1.54, 1.807) is 0 Å². The Bertz CT molecular complexity index is 3800. The molecule has 2 aromatic heterocycles. The van der Waals surface area contributed by atoms with Crippen molar-refractivity contribution >= 4 is 72.1 Å². The predicted molar refractivity (Wildman–Crippen MR) is 324 cm³/mol. The molecule has 1 atom stereocenters. The molecular weight excluding hydrogens is 1180 g/mol. The molecule has 0 radical (unpaired) electrons. The summed E-state index contributed by atoms with van der Waals surface area (Å²) in [6.45, 7) is 18.4. The number of anilines is 2. The molecule has 12 rings (SSSR count). The van der Waals surface area contributed by atoms with Gasteiger partial charge in [-0.3, -0.25) is 0 Å². The molecule has 7 heteroatoms. The monoisotopic (exact) mass is 1250 g/mol. The summed E-state index contributed by atoms with van der Waals surface area (Å²) in [6, 6.07) is 76.3. The van der Waals surface area contributed by atoms with Gasteiger partial charge in [0.1, 0.15) is 0 Å². The van der Waals surface area contributed by atoms with Crippen LogP contribution in [0.15, 0.2) is 199 Å². The second-order valence-corrected chi connectivity index (χ2v) is 31.3. The molecule has 386 valence electrons. The van der Waals surface area contributed by atoms with Gasteiger partial charge in [-0.25, -0.2) is 0 Å². The van der Waals surface area contributed by atoms with Crippen LogP contribution in [0.1, 0.15) is 113 Å². The van der Waals surface area contributed by atoms with Crippen LogP contribution in [0.3, 0.4) is 0 Å². The average Bonchev–Trinajstić information content (AvgIpc) is 4.16. The van der Waals surface area contributed by atoms with Gasteiger partial charge in [0.05, 0.1) is 0 Å². The maximum Gasteiger partial charge on any atom is 3.00 e. The van der Waals surface area contributed by atoms with E-state index in [-0.39, 0.29) is 26.3 Å². The van der Waals surface area contributed by atoms with Crippen molar-refractivity contribution in [3.05, 3.63) is 239 Å². The van der Waals surface area contributed by atoms with E-state index in [2.05, 4.69) is 252 Å². The van der Waals surface area contributed by atoms with Crippen LogP contribution in [0.25, 0.3) is 66.5 Å². The number of benzene rings is 9. The summed E-state index contributed by atoms with van der Waals surface area (Å²) < 4.78 is 11.9. The first kappa shape index (κ1) is 53.4. The molecule has 1 aliphatic heterocycles. The van der Waals surface area contributed by atoms with Gasteiger partial charge >= 0.3 is 313 Å². The van der Waals surface area contributed by atoms with Gasteiger partial charge in [0, 0.05) is 11.4 Å². The van der Waals surface area contributed by atoms with Crippen LogP contribution in [0.4, 0.5) is 17.1 Å². The molecule has 0 saturated carbocycles. The number of hydrogen-bond acceptors (Lipinski definition) is 3. The van der Waals surface area contributed by atoms with Gasteiger partial charge in [0.25, 0.3) is 0 Å². The van der Waals surface area contributed by atoms with E-state index in [1.165, 1.54) is 59.2 Å². The zero-order chi connectivity index (χ0) is 52.8. The van der Waals surface area contributed by atoms with E-state index < -0.39 is 13.3 Å². The third kappa shape index (κ3) is 10.0. The van der Waals surface area contributed by atoms with Crippen molar-refractivity contribution in [2.24, 2.45) is 0 Å².